The lowest BCUT2D eigenvalue weighted by Gasteiger charge is -2.28. The zero-order chi connectivity index (χ0) is 13.6. The van der Waals surface area contributed by atoms with Crippen molar-refractivity contribution in [1.29, 1.82) is 0 Å². The van der Waals surface area contributed by atoms with Crippen molar-refractivity contribution in [3.63, 3.8) is 0 Å². The van der Waals surface area contributed by atoms with Crippen LogP contribution >= 0.6 is 0 Å². The summed E-state index contributed by atoms with van der Waals surface area (Å²) in [4.78, 5) is 0.337. The van der Waals surface area contributed by atoms with E-state index in [1.165, 1.54) is 4.31 Å². The van der Waals surface area contributed by atoms with Crippen LogP contribution in [0.4, 0.5) is 0 Å². The highest BCUT2D eigenvalue weighted by Gasteiger charge is 2.42. The quantitative estimate of drug-likeness (QED) is 0.825. The van der Waals surface area contributed by atoms with E-state index >= 15 is 0 Å². The van der Waals surface area contributed by atoms with Gasteiger partial charge in [-0.1, -0.05) is 6.07 Å². The van der Waals surface area contributed by atoms with E-state index in [4.69, 9.17) is 4.74 Å². The molecule has 1 saturated heterocycles. The fourth-order valence-corrected chi connectivity index (χ4v) is 3.76. The Morgan fingerprint density at radius 2 is 1.89 bits per heavy atom. The predicted octanol–water partition coefficient (Wildman–Crippen LogP) is 2.06. The maximum absolute atomic E-state index is 12.6. The molecular formula is C13H19NO3S. The molecule has 0 saturated carbocycles. The van der Waals surface area contributed by atoms with E-state index in [1.54, 1.807) is 12.1 Å². The molecule has 5 heteroatoms. The third-order valence-corrected chi connectivity index (χ3v) is 5.43. The SMILES string of the molecule is Cc1ccc(S(=O)(=O)N2COCC2(C)C)cc1C. The van der Waals surface area contributed by atoms with Gasteiger partial charge in [0.15, 0.2) is 0 Å². The Labute approximate surface area is 109 Å². The summed E-state index contributed by atoms with van der Waals surface area (Å²) in [5, 5.41) is 0. The number of benzene rings is 1. The van der Waals surface area contributed by atoms with Crippen LogP contribution in [-0.4, -0.2) is 31.6 Å². The van der Waals surface area contributed by atoms with E-state index in [0.29, 0.717) is 11.5 Å². The molecule has 1 aromatic rings. The summed E-state index contributed by atoms with van der Waals surface area (Å²) >= 11 is 0. The Morgan fingerprint density at radius 1 is 1.22 bits per heavy atom. The lowest BCUT2D eigenvalue weighted by atomic mass is 10.1. The summed E-state index contributed by atoms with van der Waals surface area (Å²) in [7, 11) is -3.48. The van der Waals surface area contributed by atoms with Crippen LogP contribution < -0.4 is 0 Å². The normalized spacial score (nSPS) is 20.2. The predicted molar refractivity (Wildman–Crippen MR) is 69.8 cm³/mol. The smallest absolute Gasteiger partial charge is 0.245 e. The zero-order valence-electron chi connectivity index (χ0n) is 11.2. The summed E-state index contributed by atoms with van der Waals surface area (Å²) in [6, 6.07) is 5.22. The molecule has 0 N–H and O–H groups in total. The minimum absolute atomic E-state index is 0.127. The van der Waals surface area contributed by atoms with Crippen molar-refractivity contribution in [3.05, 3.63) is 29.3 Å². The molecule has 0 aliphatic carbocycles. The number of hydrogen-bond acceptors (Lipinski definition) is 3. The first-order valence-electron chi connectivity index (χ1n) is 5.93. The highest BCUT2D eigenvalue weighted by Crippen LogP contribution is 2.29. The van der Waals surface area contributed by atoms with Crippen LogP contribution in [0.5, 0.6) is 0 Å². The van der Waals surface area contributed by atoms with E-state index in [0.717, 1.165) is 11.1 Å². The van der Waals surface area contributed by atoms with Crippen molar-refractivity contribution in [3.8, 4) is 0 Å². The first-order chi connectivity index (χ1) is 8.25. The summed E-state index contributed by atoms with van der Waals surface area (Å²) in [5.41, 5.74) is 1.58. The molecule has 0 bridgehead atoms. The van der Waals surface area contributed by atoms with Crippen LogP contribution in [0, 0.1) is 13.8 Å². The lowest BCUT2D eigenvalue weighted by molar-refractivity contribution is 0.171. The molecule has 0 unspecified atom stereocenters. The van der Waals surface area contributed by atoms with Gasteiger partial charge in [0.1, 0.15) is 6.73 Å². The van der Waals surface area contributed by atoms with Crippen LogP contribution in [0.25, 0.3) is 0 Å². The standard InChI is InChI=1S/C13H19NO3S/c1-10-5-6-12(7-11(10)2)18(15,16)14-9-17-8-13(14,3)4/h5-7H,8-9H2,1-4H3. The van der Waals surface area contributed by atoms with Crippen LogP contribution in [0.1, 0.15) is 25.0 Å². The first-order valence-corrected chi connectivity index (χ1v) is 7.37. The maximum Gasteiger partial charge on any atom is 0.245 e. The Kier molecular flexibility index (Phi) is 3.25. The molecule has 0 atom stereocenters. The van der Waals surface area contributed by atoms with Crippen LogP contribution in [0.15, 0.2) is 23.1 Å². The van der Waals surface area contributed by atoms with Gasteiger partial charge >= 0.3 is 0 Å². The fraction of sp³-hybridized carbons (Fsp3) is 0.538. The Bertz CT molecular complexity index is 564. The fourth-order valence-electron chi connectivity index (χ4n) is 2.02. The monoisotopic (exact) mass is 269 g/mol. The van der Waals surface area contributed by atoms with E-state index in [1.807, 2.05) is 33.8 Å². The van der Waals surface area contributed by atoms with Gasteiger partial charge in [-0.15, -0.1) is 0 Å². The molecule has 4 nitrogen and oxygen atoms in total. The highest BCUT2D eigenvalue weighted by atomic mass is 32.2. The molecule has 0 aromatic heterocycles. The molecule has 1 fully saturated rings. The second-order valence-electron chi connectivity index (χ2n) is 5.39. The van der Waals surface area contributed by atoms with Crippen LogP contribution in [-0.2, 0) is 14.8 Å². The minimum Gasteiger partial charge on any atom is -0.363 e. The van der Waals surface area contributed by atoms with E-state index < -0.39 is 15.6 Å². The van der Waals surface area contributed by atoms with Crippen LogP contribution in [0.3, 0.4) is 0 Å². The second-order valence-corrected chi connectivity index (χ2v) is 7.25. The number of aryl methyl sites for hydroxylation is 2. The van der Waals surface area contributed by atoms with Gasteiger partial charge in [-0.2, -0.15) is 4.31 Å². The Balaban J connectivity index is 2.45. The van der Waals surface area contributed by atoms with Crippen molar-refractivity contribution in [2.24, 2.45) is 0 Å². The molecule has 1 aromatic carbocycles. The number of sulfonamides is 1. The molecule has 18 heavy (non-hydrogen) atoms. The van der Waals surface area contributed by atoms with Gasteiger partial charge in [-0.3, -0.25) is 0 Å². The van der Waals surface area contributed by atoms with Gasteiger partial charge in [0.25, 0.3) is 0 Å². The molecule has 0 spiro atoms. The van der Waals surface area contributed by atoms with E-state index in [-0.39, 0.29) is 6.73 Å². The Hall–Kier alpha value is -0.910. The van der Waals surface area contributed by atoms with Crippen molar-refractivity contribution in [2.45, 2.75) is 38.1 Å². The number of hydrogen-bond donors (Lipinski definition) is 0. The first kappa shape index (κ1) is 13.5. The molecule has 1 aliphatic rings. The summed E-state index contributed by atoms with van der Waals surface area (Å²) in [5.74, 6) is 0. The van der Waals surface area contributed by atoms with Crippen molar-refractivity contribution < 1.29 is 13.2 Å². The van der Waals surface area contributed by atoms with E-state index in [9.17, 15) is 8.42 Å². The maximum atomic E-state index is 12.6. The minimum atomic E-state index is -3.48. The molecule has 1 aliphatic heterocycles. The van der Waals surface area contributed by atoms with Gasteiger partial charge in [-0.05, 0) is 51.0 Å². The number of ether oxygens (including phenoxy) is 1. The lowest BCUT2D eigenvalue weighted by Crippen LogP contribution is -2.44. The summed E-state index contributed by atoms with van der Waals surface area (Å²) in [6.45, 7) is 8.19. The van der Waals surface area contributed by atoms with Crippen molar-refractivity contribution in [1.82, 2.24) is 4.31 Å². The van der Waals surface area contributed by atoms with Gasteiger partial charge < -0.3 is 4.74 Å². The second kappa shape index (κ2) is 4.33. The molecule has 0 amide bonds. The molecule has 100 valence electrons. The topological polar surface area (TPSA) is 46.6 Å². The zero-order valence-corrected chi connectivity index (χ0v) is 12.0. The summed E-state index contributed by atoms with van der Waals surface area (Å²) in [6.07, 6.45) is 0. The van der Waals surface area contributed by atoms with Crippen LogP contribution in [0.2, 0.25) is 0 Å². The highest BCUT2D eigenvalue weighted by molar-refractivity contribution is 7.89. The molecule has 0 radical (unpaired) electrons. The largest absolute Gasteiger partial charge is 0.363 e. The van der Waals surface area contributed by atoms with E-state index in [2.05, 4.69) is 0 Å². The third-order valence-electron chi connectivity index (χ3n) is 3.41. The average molecular weight is 269 g/mol. The van der Waals surface area contributed by atoms with Gasteiger partial charge in [-0.25, -0.2) is 8.42 Å². The van der Waals surface area contributed by atoms with Gasteiger partial charge in [0.2, 0.25) is 10.0 Å². The number of nitrogens with zero attached hydrogens (tertiary/aromatic N) is 1. The molecule has 2 rings (SSSR count). The van der Waals surface area contributed by atoms with Crippen molar-refractivity contribution >= 4 is 10.0 Å². The van der Waals surface area contributed by atoms with Crippen molar-refractivity contribution in [2.75, 3.05) is 13.3 Å². The number of rotatable bonds is 2. The average Bonchev–Trinajstić information content (AvgIpc) is 2.62. The van der Waals surface area contributed by atoms with Gasteiger partial charge in [0.05, 0.1) is 17.0 Å². The Morgan fingerprint density at radius 3 is 2.39 bits per heavy atom. The van der Waals surface area contributed by atoms with Gasteiger partial charge in [0, 0.05) is 0 Å². The molecule has 1 heterocycles. The molecular weight excluding hydrogens is 250 g/mol. The summed E-state index contributed by atoms with van der Waals surface area (Å²) < 4.78 is 31.8. The third kappa shape index (κ3) is 2.18.